The third-order valence-corrected chi connectivity index (χ3v) is 2.78. The lowest BCUT2D eigenvalue weighted by Crippen LogP contribution is -2.35. The van der Waals surface area contributed by atoms with E-state index in [2.05, 4.69) is 4.98 Å². The van der Waals surface area contributed by atoms with Gasteiger partial charge in [0.1, 0.15) is 11.0 Å². The van der Waals surface area contributed by atoms with Gasteiger partial charge in [0.2, 0.25) is 0 Å². The van der Waals surface area contributed by atoms with Crippen LogP contribution in [-0.4, -0.2) is 17.6 Å². The summed E-state index contributed by atoms with van der Waals surface area (Å²) in [7, 11) is 0. The molecule has 0 saturated heterocycles. The number of hydrogen-bond donors (Lipinski definition) is 0. The second kappa shape index (κ2) is 5.99. The highest BCUT2D eigenvalue weighted by Crippen LogP contribution is 2.33. The third-order valence-electron chi connectivity index (χ3n) is 2.59. The van der Waals surface area contributed by atoms with Crippen LogP contribution < -0.4 is 4.90 Å². The number of anilines is 1. The maximum Gasteiger partial charge on any atom is 0.416 e. The summed E-state index contributed by atoms with van der Waals surface area (Å²) in [4.78, 5) is 5.84. The van der Waals surface area contributed by atoms with Crippen LogP contribution in [-0.2, 0) is 6.18 Å². The zero-order valence-electron chi connectivity index (χ0n) is 11.4. The molecule has 0 amide bonds. The fourth-order valence-electron chi connectivity index (χ4n) is 1.76. The Morgan fingerprint density at radius 3 is 2.21 bits per heavy atom. The van der Waals surface area contributed by atoms with Crippen molar-refractivity contribution in [2.45, 2.75) is 39.9 Å². The first kappa shape index (κ1) is 16.1. The molecule has 0 N–H and O–H groups in total. The molecule has 19 heavy (non-hydrogen) atoms. The van der Waals surface area contributed by atoms with Crippen LogP contribution in [0.2, 0.25) is 5.15 Å². The molecule has 0 spiro atoms. The molecular formula is C13H18ClF3N2. The maximum atomic E-state index is 12.8. The number of pyridine rings is 1. The Morgan fingerprint density at radius 2 is 1.79 bits per heavy atom. The van der Waals surface area contributed by atoms with Crippen LogP contribution in [0.3, 0.4) is 0 Å². The SMILES string of the molecule is CC(C)CN(c1cc(C(F)(F)F)cc(Cl)n1)C(C)C. The van der Waals surface area contributed by atoms with Crippen LogP contribution >= 0.6 is 11.6 Å². The Hall–Kier alpha value is -0.970. The topological polar surface area (TPSA) is 16.1 Å². The predicted octanol–water partition coefficient (Wildman–Crippen LogP) is 4.62. The van der Waals surface area contributed by atoms with Crippen LogP contribution in [0.1, 0.15) is 33.3 Å². The van der Waals surface area contributed by atoms with Gasteiger partial charge in [0.05, 0.1) is 5.56 Å². The first-order chi connectivity index (χ1) is 8.61. The summed E-state index contributed by atoms with van der Waals surface area (Å²) in [6, 6.07) is 1.95. The van der Waals surface area contributed by atoms with Gasteiger partial charge in [0.15, 0.2) is 0 Å². The molecule has 0 aliphatic heterocycles. The molecule has 1 aromatic rings. The lowest BCUT2D eigenvalue weighted by atomic mass is 10.1. The molecule has 0 fully saturated rings. The van der Waals surface area contributed by atoms with Crippen molar-refractivity contribution in [1.29, 1.82) is 0 Å². The van der Waals surface area contributed by atoms with E-state index in [1.165, 1.54) is 0 Å². The van der Waals surface area contributed by atoms with Crippen molar-refractivity contribution in [1.82, 2.24) is 4.98 Å². The van der Waals surface area contributed by atoms with Gasteiger partial charge in [-0.25, -0.2) is 4.98 Å². The second-order valence-corrected chi connectivity index (χ2v) is 5.56. The van der Waals surface area contributed by atoms with Crippen molar-refractivity contribution in [2.24, 2.45) is 5.92 Å². The molecule has 0 aliphatic carbocycles. The van der Waals surface area contributed by atoms with Crippen molar-refractivity contribution in [2.75, 3.05) is 11.4 Å². The number of hydrogen-bond acceptors (Lipinski definition) is 2. The van der Waals surface area contributed by atoms with Gasteiger partial charge in [-0.3, -0.25) is 0 Å². The van der Waals surface area contributed by atoms with Crippen molar-refractivity contribution in [3.63, 3.8) is 0 Å². The Balaban J connectivity index is 3.20. The van der Waals surface area contributed by atoms with Crippen molar-refractivity contribution in [3.05, 3.63) is 22.8 Å². The zero-order valence-corrected chi connectivity index (χ0v) is 12.2. The molecular weight excluding hydrogens is 277 g/mol. The molecule has 108 valence electrons. The predicted molar refractivity (Wildman–Crippen MR) is 71.6 cm³/mol. The summed E-state index contributed by atoms with van der Waals surface area (Å²) in [5.74, 6) is 0.584. The van der Waals surface area contributed by atoms with Crippen LogP contribution in [0, 0.1) is 5.92 Å². The molecule has 6 heteroatoms. The number of aromatic nitrogens is 1. The number of alkyl halides is 3. The van der Waals surface area contributed by atoms with Crippen LogP contribution in [0.4, 0.5) is 19.0 Å². The van der Waals surface area contributed by atoms with Gasteiger partial charge in [-0.15, -0.1) is 0 Å². The Kier molecular flexibility index (Phi) is 5.07. The van der Waals surface area contributed by atoms with E-state index < -0.39 is 11.7 Å². The molecule has 0 saturated carbocycles. The molecule has 0 aromatic carbocycles. The van der Waals surface area contributed by atoms with Crippen molar-refractivity contribution in [3.8, 4) is 0 Å². The average molecular weight is 295 g/mol. The molecule has 0 aliphatic rings. The summed E-state index contributed by atoms with van der Waals surface area (Å²) in [5.41, 5.74) is -0.767. The van der Waals surface area contributed by atoms with E-state index in [-0.39, 0.29) is 17.0 Å². The van der Waals surface area contributed by atoms with E-state index in [1.807, 2.05) is 32.6 Å². The lowest BCUT2D eigenvalue weighted by Gasteiger charge is -2.30. The normalized spacial score (nSPS) is 12.3. The maximum absolute atomic E-state index is 12.8. The van der Waals surface area contributed by atoms with E-state index in [1.54, 1.807) is 0 Å². The Labute approximate surface area is 116 Å². The summed E-state index contributed by atoms with van der Waals surface area (Å²) in [6.45, 7) is 8.47. The van der Waals surface area contributed by atoms with E-state index in [4.69, 9.17) is 11.6 Å². The van der Waals surface area contributed by atoms with Crippen molar-refractivity contribution < 1.29 is 13.2 Å². The van der Waals surface area contributed by atoms with Gasteiger partial charge in [-0.1, -0.05) is 25.4 Å². The minimum Gasteiger partial charge on any atom is -0.354 e. The molecule has 0 bridgehead atoms. The van der Waals surface area contributed by atoms with E-state index in [0.717, 1.165) is 12.1 Å². The zero-order chi connectivity index (χ0) is 14.8. The molecule has 0 radical (unpaired) electrons. The Bertz CT molecular complexity index is 430. The standard InChI is InChI=1S/C13H18ClF3N2/c1-8(2)7-19(9(3)4)12-6-10(13(15,16)17)5-11(14)18-12/h5-6,8-9H,7H2,1-4H3. The smallest absolute Gasteiger partial charge is 0.354 e. The number of nitrogens with zero attached hydrogens (tertiary/aromatic N) is 2. The van der Waals surface area contributed by atoms with Crippen LogP contribution in [0.5, 0.6) is 0 Å². The van der Waals surface area contributed by atoms with Gasteiger partial charge < -0.3 is 4.90 Å². The third kappa shape index (κ3) is 4.56. The number of halogens is 4. The largest absolute Gasteiger partial charge is 0.416 e. The Morgan fingerprint density at radius 1 is 1.21 bits per heavy atom. The first-order valence-electron chi connectivity index (χ1n) is 6.12. The molecule has 0 unspecified atom stereocenters. The van der Waals surface area contributed by atoms with Gasteiger partial charge in [0, 0.05) is 12.6 Å². The van der Waals surface area contributed by atoms with Crippen molar-refractivity contribution >= 4 is 17.4 Å². The minimum absolute atomic E-state index is 0.0504. The highest BCUT2D eigenvalue weighted by atomic mass is 35.5. The molecule has 1 rings (SSSR count). The van der Waals surface area contributed by atoms with Gasteiger partial charge in [0.25, 0.3) is 0 Å². The van der Waals surface area contributed by atoms with E-state index in [0.29, 0.717) is 12.5 Å². The summed E-state index contributed by atoms with van der Waals surface area (Å²) < 4.78 is 38.3. The monoisotopic (exact) mass is 294 g/mol. The van der Waals surface area contributed by atoms with Crippen LogP contribution in [0.15, 0.2) is 12.1 Å². The molecule has 1 heterocycles. The van der Waals surface area contributed by atoms with E-state index in [9.17, 15) is 13.2 Å². The highest BCUT2D eigenvalue weighted by molar-refractivity contribution is 6.29. The first-order valence-corrected chi connectivity index (χ1v) is 6.50. The van der Waals surface area contributed by atoms with Crippen LogP contribution in [0.25, 0.3) is 0 Å². The fourth-order valence-corrected chi connectivity index (χ4v) is 1.96. The van der Waals surface area contributed by atoms with E-state index >= 15 is 0 Å². The lowest BCUT2D eigenvalue weighted by molar-refractivity contribution is -0.137. The van der Waals surface area contributed by atoms with Gasteiger partial charge in [-0.05, 0) is 31.9 Å². The van der Waals surface area contributed by atoms with Gasteiger partial charge >= 0.3 is 6.18 Å². The highest BCUT2D eigenvalue weighted by Gasteiger charge is 2.32. The summed E-state index contributed by atoms with van der Waals surface area (Å²) in [6.07, 6.45) is -4.41. The fraction of sp³-hybridized carbons (Fsp3) is 0.615. The molecule has 1 aromatic heterocycles. The quantitative estimate of drug-likeness (QED) is 0.753. The minimum atomic E-state index is -4.41. The molecule has 2 nitrogen and oxygen atoms in total. The average Bonchev–Trinajstić information content (AvgIpc) is 2.23. The molecule has 0 atom stereocenters. The van der Waals surface area contributed by atoms with Gasteiger partial charge in [-0.2, -0.15) is 13.2 Å². The summed E-state index contributed by atoms with van der Waals surface area (Å²) in [5, 5.41) is -0.140. The second-order valence-electron chi connectivity index (χ2n) is 5.17. The summed E-state index contributed by atoms with van der Waals surface area (Å²) >= 11 is 5.70. The number of rotatable bonds is 4.